The molecule has 0 aliphatic heterocycles. The second kappa shape index (κ2) is 9.09. The Balaban J connectivity index is 1.54. The van der Waals surface area contributed by atoms with Crippen molar-refractivity contribution in [2.45, 2.75) is 6.54 Å². The average molecular weight is 404 g/mol. The third-order valence-corrected chi connectivity index (χ3v) is 3.98. The third kappa shape index (κ3) is 4.92. The highest BCUT2D eigenvalue weighted by Gasteiger charge is 2.13. The van der Waals surface area contributed by atoms with Gasteiger partial charge in [-0.2, -0.15) is 4.98 Å². The fraction of sp³-hybridized carbons (Fsp3) is 0.211. The molecule has 0 radical (unpaired) electrons. The van der Waals surface area contributed by atoms with Crippen LogP contribution in [0.2, 0.25) is 5.02 Å². The summed E-state index contributed by atoms with van der Waals surface area (Å²) >= 11 is 5.80. The number of methoxy groups -OCH3 is 2. The van der Waals surface area contributed by atoms with Gasteiger partial charge in [0.25, 0.3) is 5.91 Å². The van der Waals surface area contributed by atoms with Crippen LogP contribution in [0.4, 0.5) is 0 Å². The van der Waals surface area contributed by atoms with Gasteiger partial charge in [0.1, 0.15) is 5.75 Å². The van der Waals surface area contributed by atoms with E-state index in [0.717, 1.165) is 0 Å². The molecule has 146 valence electrons. The Morgan fingerprint density at radius 3 is 2.57 bits per heavy atom. The summed E-state index contributed by atoms with van der Waals surface area (Å²) in [5, 5.41) is 7.17. The van der Waals surface area contributed by atoms with E-state index in [0.29, 0.717) is 33.7 Å². The molecule has 0 aliphatic carbocycles. The van der Waals surface area contributed by atoms with Gasteiger partial charge in [0.05, 0.1) is 20.8 Å². The normalized spacial score (nSPS) is 10.4. The van der Waals surface area contributed by atoms with E-state index in [2.05, 4.69) is 15.5 Å². The summed E-state index contributed by atoms with van der Waals surface area (Å²) in [6.45, 7) is -0.0542. The molecule has 0 bridgehead atoms. The maximum Gasteiger partial charge on any atom is 0.258 e. The molecule has 9 heteroatoms. The average Bonchev–Trinajstić information content (AvgIpc) is 3.20. The van der Waals surface area contributed by atoms with Crippen molar-refractivity contribution in [1.29, 1.82) is 0 Å². The molecule has 1 N–H and O–H groups in total. The number of nitrogens with one attached hydrogen (secondary N) is 1. The van der Waals surface area contributed by atoms with E-state index in [9.17, 15) is 4.79 Å². The lowest BCUT2D eigenvalue weighted by Gasteiger charge is -2.07. The van der Waals surface area contributed by atoms with Gasteiger partial charge in [-0.05, 0) is 42.5 Å². The Morgan fingerprint density at radius 2 is 1.86 bits per heavy atom. The quantitative estimate of drug-likeness (QED) is 0.617. The van der Waals surface area contributed by atoms with Crippen LogP contribution in [0.25, 0.3) is 11.4 Å². The van der Waals surface area contributed by atoms with Crippen LogP contribution in [0.3, 0.4) is 0 Å². The number of aromatic nitrogens is 2. The van der Waals surface area contributed by atoms with Crippen LogP contribution in [0.15, 0.2) is 47.0 Å². The molecule has 0 unspecified atom stereocenters. The maximum atomic E-state index is 11.9. The fourth-order valence-electron chi connectivity index (χ4n) is 2.32. The van der Waals surface area contributed by atoms with Crippen molar-refractivity contribution >= 4 is 17.5 Å². The fourth-order valence-corrected chi connectivity index (χ4v) is 2.45. The van der Waals surface area contributed by atoms with Gasteiger partial charge < -0.3 is 24.1 Å². The number of rotatable bonds is 8. The lowest BCUT2D eigenvalue weighted by atomic mass is 10.2. The Bertz CT molecular complexity index is 943. The molecule has 1 aromatic heterocycles. The summed E-state index contributed by atoms with van der Waals surface area (Å²) in [5.74, 6) is 2.03. The number of carbonyl (C=O) groups is 1. The van der Waals surface area contributed by atoms with Crippen molar-refractivity contribution in [1.82, 2.24) is 15.5 Å². The number of hydrogen-bond donors (Lipinski definition) is 1. The van der Waals surface area contributed by atoms with Gasteiger partial charge in [0, 0.05) is 10.6 Å². The predicted octanol–water partition coefficient (Wildman–Crippen LogP) is 3.10. The van der Waals surface area contributed by atoms with E-state index in [1.807, 2.05) is 0 Å². The molecular weight excluding hydrogens is 386 g/mol. The summed E-state index contributed by atoms with van der Waals surface area (Å²) in [4.78, 5) is 16.2. The van der Waals surface area contributed by atoms with Crippen molar-refractivity contribution in [2.24, 2.45) is 0 Å². The van der Waals surface area contributed by atoms with Crippen LogP contribution in [0.1, 0.15) is 5.89 Å². The highest BCUT2D eigenvalue weighted by Crippen LogP contribution is 2.31. The zero-order valence-corrected chi connectivity index (χ0v) is 16.0. The molecule has 1 amide bonds. The molecule has 3 rings (SSSR count). The van der Waals surface area contributed by atoms with Gasteiger partial charge in [-0.15, -0.1) is 0 Å². The lowest BCUT2D eigenvalue weighted by Crippen LogP contribution is -2.28. The largest absolute Gasteiger partial charge is 0.493 e. The molecule has 0 spiro atoms. The van der Waals surface area contributed by atoms with Crippen molar-refractivity contribution in [2.75, 3.05) is 20.8 Å². The zero-order chi connectivity index (χ0) is 19.9. The maximum absolute atomic E-state index is 11.9. The minimum Gasteiger partial charge on any atom is -0.493 e. The summed E-state index contributed by atoms with van der Waals surface area (Å²) in [7, 11) is 3.11. The van der Waals surface area contributed by atoms with Crippen LogP contribution >= 0.6 is 11.6 Å². The number of halogens is 1. The molecule has 3 aromatic rings. The lowest BCUT2D eigenvalue weighted by molar-refractivity contribution is -0.123. The number of benzene rings is 2. The molecular formula is C19H18ClN3O5. The van der Waals surface area contributed by atoms with E-state index in [4.69, 9.17) is 30.3 Å². The molecule has 0 aliphatic rings. The molecule has 0 fully saturated rings. The first-order chi connectivity index (χ1) is 13.6. The predicted molar refractivity (Wildman–Crippen MR) is 102 cm³/mol. The minimum atomic E-state index is -0.319. The van der Waals surface area contributed by atoms with Gasteiger partial charge in [-0.25, -0.2) is 0 Å². The van der Waals surface area contributed by atoms with Gasteiger partial charge in [0.2, 0.25) is 11.7 Å². The smallest absolute Gasteiger partial charge is 0.258 e. The minimum absolute atomic E-state index is 0.0864. The molecule has 0 atom stereocenters. The van der Waals surface area contributed by atoms with Gasteiger partial charge in [-0.1, -0.05) is 16.8 Å². The highest BCUT2D eigenvalue weighted by molar-refractivity contribution is 6.30. The molecule has 0 saturated heterocycles. The number of hydrogen-bond acceptors (Lipinski definition) is 7. The Morgan fingerprint density at radius 1 is 1.11 bits per heavy atom. The van der Waals surface area contributed by atoms with Crippen molar-refractivity contribution < 1.29 is 23.5 Å². The third-order valence-electron chi connectivity index (χ3n) is 3.73. The van der Waals surface area contributed by atoms with Crippen molar-refractivity contribution in [3.8, 4) is 28.6 Å². The van der Waals surface area contributed by atoms with Crippen LogP contribution in [-0.2, 0) is 11.3 Å². The molecule has 8 nitrogen and oxygen atoms in total. The number of amides is 1. The summed E-state index contributed by atoms with van der Waals surface area (Å²) < 4.78 is 21.0. The van der Waals surface area contributed by atoms with Crippen molar-refractivity contribution in [3.63, 3.8) is 0 Å². The van der Waals surface area contributed by atoms with Crippen LogP contribution in [0, 0.1) is 0 Å². The standard InChI is InChI=1S/C19H18ClN3O5/c1-25-15-8-3-12(9-16(15)26-2)19-22-18(28-23-19)10-21-17(24)11-27-14-6-4-13(20)5-7-14/h3-9H,10-11H2,1-2H3,(H,21,24). The van der Waals surface area contributed by atoms with Crippen LogP contribution < -0.4 is 19.5 Å². The number of carbonyl (C=O) groups excluding carboxylic acids is 1. The van der Waals surface area contributed by atoms with Gasteiger partial charge in [-0.3, -0.25) is 4.79 Å². The molecule has 28 heavy (non-hydrogen) atoms. The summed E-state index contributed by atoms with van der Waals surface area (Å²) in [5.41, 5.74) is 0.699. The zero-order valence-electron chi connectivity index (χ0n) is 15.3. The first-order valence-electron chi connectivity index (χ1n) is 8.29. The first kappa shape index (κ1) is 19.5. The van der Waals surface area contributed by atoms with Crippen molar-refractivity contribution in [3.05, 3.63) is 53.4 Å². The first-order valence-corrected chi connectivity index (χ1v) is 8.67. The SMILES string of the molecule is COc1ccc(-c2noc(CNC(=O)COc3ccc(Cl)cc3)n2)cc1OC. The monoisotopic (exact) mass is 403 g/mol. The summed E-state index contributed by atoms with van der Waals surface area (Å²) in [6, 6.07) is 12.0. The van der Waals surface area contributed by atoms with E-state index in [1.165, 1.54) is 0 Å². The van der Waals surface area contributed by atoms with E-state index in [1.54, 1.807) is 56.7 Å². The van der Waals surface area contributed by atoms with Crippen LogP contribution in [0.5, 0.6) is 17.2 Å². The van der Waals surface area contributed by atoms with E-state index >= 15 is 0 Å². The van der Waals surface area contributed by atoms with E-state index in [-0.39, 0.29) is 24.9 Å². The molecule has 2 aromatic carbocycles. The Hall–Kier alpha value is -3.26. The van der Waals surface area contributed by atoms with E-state index < -0.39 is 0 Å². The molecule has 1 heterocycles. The van der Waals surface area contributed by atoms with Crippen LogP contribution in [-0.4, -0.2) is 36.9 Å². The number of nitrogens with zero attached hydrogens (tertiary/aromatic N) is 2. The summed E-state index contributed by atoms with van der Waals surface area (Å²) in [6.07, 6.45) is 0. The van der Waals surface area contributed by atoms with Gasteiger partial charge in [0.15, 0.2) is 18.1 Å². The topological polar surface area (TPSA) is 95.7 Å². The Kier molecular flexibility index (Phi) is 6.33. The number of ether oxygens (including phenoxy) is 3. The molecule has 0 saturated carbocycles. The highest BCUT2D eigenvalue weighted by atomic mass is 35.5. The second-order valence-electron chi connectivity index (χ2n) is 5.60. The second-order valence-corrected chi connectivity index (χ2v) is 6.04. The Labute approximate surface area is 166 Å². The van der Waals surface area contributed by atoms with Gasteiger partial charge >= 0.3 is 0 Å².